The molecule has 5 aliphatic carbocycles. The monoisotopic (exact) mass is 338 g/mol. The van der Waals surface area contributed by atoms with Crippen molar-refractivity contribution in [3.05, 3.63) is 23.8 Å². The molecule has 4 saturated carbocycles. The molecular weight excluding hydrogens is 312 g/mol. The van der Waals surface area contributed by atoms with Crippen LogP contribution in [0.4, 0.5) is 0 Å². The third kappa shape index (κ3) is 1.64. The second-order valence-corrected chi connectivity index (χ2v) is 9.73. The number of hydrogen-bond donors (Lipinski definition) is 0. The number of allylic oxidation sites excluding steroid dienone is 1. The quantitative estimate of drug-likeness (QED) is 0.630. The summed E-state index contributed by atoms with van der Waals surface area (Å²) < 4.78 is 6.03. The van der Waals surface area contributed by atoms with E-state index < -0.39 is 0 Å². The molecule has 6 aliphatic rings. The van der Waals surface area contributed by atoms with E-state index in [1.807, 2.05) is 6.08 Å². The molecule has 3 heteroatoms. The Kier molecular flexibility index (Phi) is 2.64. The van der Waals surface area contributed by atoms with Gasteiger partial charge in [0.1, 0.15) is 5.60 Å². The average Bonchev–Trinajstić information content (AvgIpc) is 3.23. The lowest BCUT2D eigenvalue weighted by Crippen LogP contribution is -2.54. The molecule has 0 aromatic heterocycles. The van der Waals surface area contributed by atoms with Crippen molar-refractivity contribution in [2.24, 2.45) is 40.9 Å². The lowest BCUT2D eigenvalue weighted by atomic mass is 9.49. The number of ketones is 1. The first kappa shape index (κ1) is 14.8. The number of ether oxygens (including phenoxy) is 1. The van der Waals surface area contributed by atoms with Crippen LogP contribution in [0.2, 0.25) is 0 Å². The van der Waals surface area contributed by atoms with Crippen molar-refractivity contribution in [1.29, 1.82) is 0 Å². The number of hydrogen-bond acceptors (Lipinski definition) is 3. The predicted octanol–water partition coefficient (Wildman–Crippen LogP) is 3.84. The normalized spacial score (nSPS) is 55.2. The van der Waals surface area contributed by atoms with Gasteiger partial charge in [-0.2, -0.15) is 0 Å². The van der Waals surface area contributed by atoms with Crippen molar-refractivity contribution < 1.29 is 14.3 Å². The van der Waals surface area contributed by atoms with Gasteiger partial charge >= 0.3 is 5.97 Å². The summed E-state index contributed by atoms with van der Waals surface area (Å²) in [7, 11) is 0. The van der Waals surface area contributed by atoms with Crippen LogP contribution in [0.5, 0.6) is 0 Å². The highest BCUT2D eigenvalue weighted by molar-refractivity contribution is 5.91. The van der Waals surface area contributed by atoms with Gasteiger partial charge < -0.3 is 4.74 Å². The first-order valence-electron chi connectivity index (χ1n) is 10.2. The SMILES string of the molecule is C[C@]12CC[C@H]3[C@@H](CCC4=CC(=O)CC[C@@H]43)[C@@H]1[C@@H]1C[C@@H]1[C@@]21C=CC(=O)O1. The van der Waals surface area contributed by atoms with Crippen LogP contribution in [0, 0.1) is 40.9 Å². The molecule has 3 nitrogen and oxygen atoms in total. The fraction of sp³-hybridized carbons (Fsp3) is 0.727. The molecule has 4 fully saturated rings. The van der Waals surface area contributed by atoms with Crippen molar-refractivity contribution in [2.75, 3.05) is 0 Å². The zero-order chi connectivity index (χ0) is 17.0. The Bertz CT molecular complexity index is 748. The third-order valence-electron chi connectivity index (χ3n) is 9.03. The van der Waals surface area contributed by atoms with E-state index in [1.54, 1.807) is 6.08 Å². The van der Waals surface area contributed by atoms with E-state index in [2.05, 4.69) is 13.0 Å². The van der Waals surface area contributed by atoms with Crippen LogP contribution >= 0.6 is 0 Å². The van der Waals surface area contributed by atoms with Gasteiger partial charge in [-0.05, 0) is 80.3 Å². The molecule has 25 heavy (non-hydrogen) atoms. The predicted molar refractivity (Wildman–Crippen MR) is 92.4 cm³/mol. The molecule has 132 valence electrons. The maximum atomic E-state index is 11.9. The molecule has 1 spiro atoms. The summed E-state index contributed by atoms with van der Waals surface area (Å²) in [5.41, 5.74) is 1.27. The molecule has 0 bridgehead atoms. The van der Waals surface area contributed by atoms with E-state index in [-0.39, 0.29) is 17.0 Å². The second-order valence-electron chi connectivity index (χ2n) is 9.73. The summed E-state index contributed by atoms with van der Waals surface area (Å²) in [5, 5.41) is 0. The molecule has 8 atom stereocenters. The average molecular weight is 338 g/mol. The lowest BCUT2D eigenvalue weighted by Gasteiger charge is -2.56. The molecule has 0 N–H and O–H groups in total. The molecule has 1 heterocycles. The molecule has 0 radical (unpaired) electrons. The number of carbonyl (C=O) groups excluding carboxylic acids is 2. The largest absolute Gasteiger partial charge is 0.451 e. The van der Waals surface area contributed by atoms with Gasteiger partial charge in [0.15, 0.2) is 5.78 Å². The molecule has 0 aromatic rings. The minimum atomic E-state index is -0.303. The van der Waals surface area contributed by atoms with Crippen molar-refractivity contribution in [1.82, 2.24) is 0 Å². The first-order valence-corrected chi connectivity index (χ1v) is 10.2. The van der Waals surface area contributed by atoms with Crippen LogP contribution in [0.1, 0.15) is 51.9 Å². The summed E-state index contributed by atoms with van der Waals surface area (Å²) in [6, 6.07) is 0. The number of esters is 1. The molecule has 6 rings (SSSR count). The Labute approximate surface area is 148 Å². The Morgan fingerprint density at radius 3 is 2.76 bits per heavy atom. The van der Waals surface area contributed by atoms with E-state index >= 15 is 0 Å². The molecule has 0 amide bonds. The van der Waals surface area contributed by atoms with Crippen molar-refractivity contribution in [2.45, 2.75) is 57.5 Å². The van der Waals surface area contributed by atoms with Gasteiger partial charge in [0.05, 0.1) is 0 Å². The Morgan fingerprint density at radius 1 is 1.08 bits per heavy atom. The summed E-state index contributed by atoms with van der Waals surface area (Å²) >= 11 is 0. The van der Waals surface area contributed by atoms with Gasteiger partial charge in [-0.25, -0.2) is 4.79 Å². The van der Waals surface area contributed by atoms with E-state index in [1.165, 1.54) is 31.3 Å². The molecule has 1 aliphatic heterocycles. The van der Waals surface area contributed by atoms with Crippen LogP contribution in [-0.4, -0.2) is 17.4 Å². The van der Waals surface area contributed by atoms with Crippen molar-refractivity contribution >= 4 is 11.8 Å². The Balaban J connectivity index is 1.38. The van der Waals surface area contributed by atoms with Gasteiger partial charge in [-0.1, -0.05) is 12.5 Å². The zero-order valence-electron chi connectivity index (χ0n) is 14.9. The maximum Gasteiger partial charge on any atom is 0.331 e. The van der Waals surface area contributed by atoms with Crippen LogP contribution in [0.3, 0.4) is 0 Å². The Hall–Kier alpha value is -1.38. The van der Waals surface area contributed by atoms with Crippen LogP contribution in [0.25, 0.3) is 0 Å². The smallest absolute Gasteiger partial charge is 0.331 e. The topological polar surface area (TPSA) is 43.4 Å². The minimum Gasteiger partial charge on any atom is -0.451 e. The third-order valence-corrected chi connectivity index (χ3v) is 9.03. The molecule has 0 unspecified atom stereocenters. The van der Waals surface area contributed by atoms with Gasteiger partial charge in [0.25, 0.3) is 0 Å². The van der Waals surface area contributed by atoms with Crippen molar-refractivity contribution in [3.63, 3.8) is 0 Å². The minimum absolute atomic E-state index is 0.121. The number of rotatable bonds is 0. The number of fused-ring (bicyclic) bond motifs is 9. The molecule has 0 saturated heterocycles. The second kappa shape index (κ2) is 4.47. The van der Waals surface area contributed by atoms with Crippen LogP contribution in [0.15, 0.2) is 23.8 Å². The van der Waals surface area contributed by atoms with E-state index in [9.17, 15) is 9.59 Å². The summed E-state index contributed by atoms with van der Waals surface area (Å²) in [5.74, 6) is 4.39. The molecule has 0 aromatic carbocycles. The van der Waals surface area contributed by atoms with Crippen molar-refractivity contribution in [3.8, 4) is 0 Å². The Morgan fingerprint density at radius 2 is 1.96 bits per heavy atom. The van der Waals surface area contributed by atoms with Gasteiger partial charge in [0, 0.05) is 23.8 Å². The zero-order valence-corrected chi connectivity index (χ0v) is 14.9. The van der Waals surface area contributed by atoms with Gasteiger partial charge in [0.2, 0.25) is 0 Å². The van der Waals surface area contributed by atoms with Crippen LogP contribution in [-0.2, 0) is 14.3 Å². The highest BCUT2D eigenvalue weighted by Gasteiger charge is 2.77. The fourth-order valence-corrected chi connectivity index (χ4v) is 8.13. The maximum absolute atomic E-state index is 11.9. The van der Waals surface area contributed by atoms with Crippen LogP contribution < -0.4 is 0 Å². The standard InChI is InChI=1S/C22H26O3/c1-21-8-6-15-14-5-3-13(23)10-12(14)2-4-16(15)20(21)17-11-18(17)22(21)9-7-19(24)25-22/h7,9-10,14-18,20H,2-6,8,11H2,1H3/t14-,15+,16+,17+,18-,20+,21-,22-/m0/s1. The fourth-order valence-electron chi connectivity index (χ4n) is 8.13. The lowest BCUT2D eigenvalue weighted by molar-refractivity contribution is -0.167. The van der Waals surface area contributed by atoms with E-state index in [0.29, 0.717) is 23.5 Å². The highest BCUT2D eigenvalue weighted by atomic mass is 16.6. The molecular formula is C22H26O3. The van der Waals surface area contributed by atoms with Gasteiger partial charge in [-0.3, -0.25) is 4.79 Å². The first-order chi connectivity index (χ1) is 12.0. The van der Waals surface area contributed by atoms with E-state index in [4.69, 9.17) is 4.74 Å². The summed E-state index contributed by atoms with van der Waals surface area (Å²) in [4.78, 5) is 23.8. The van der Waals surface area contributed by atoms with E-state index in [0.717, 1.165) is 37.0 Å². The number of carbonyl (C=O) groups is 2. The summed E-state index contributed by atoms with van der Waals surface area (Å²) in [6.45, 7) is 2.42. The highest BCUT2D eigenvalue weighted by Crippen LogP contribution is 2.77. The summed E-state index contributed by atoms with van der Waals surface area (Å²) in [6.07, 6.45) is 13.6. The van der Waals surface area contributed by atoms with Gasteiger partial charge in [-0.15, -0.1) is 0 Å².